The molecule has 0 atom stereocenters. The zero-order valence-electron chi connectivity index (χ0n) is 10.3. The summed E-state index contributed by atoms with van der Waals surface area (Å²) in [5, 5.41) is 1.02. The van der Waals surface area contributed by atoms with Gasteiger partial charge >= 0.3 is 5.97 Å². The molecule has 0 N–H and O–H groups in total. The van der Waals surface area contributed by atoms with Gasteiger partial charge in [-0.3, -0.25) is 4.99 Å². The lowest BCUT2D eigenvalue weighted by Gasteiger charge is -2.02. The van der Waals surface area contributed by atoms with Gasteiger partial charge in [-0.15, -0.1) is 0 Å². The first kappa shape index (κ1) is 13.2. The maximum absolute atomic E-state index is 11.7. The van der Waals surface area contributed by atoms with Crippen LogP contribution in [0.25, 0.3) is 0 Å². The predicted molar refractivity (Wildman–Crippen MR) is 79.3 cm³/mol. The summed E-state index contributed by atoms with van der Waals surface area (Å²) >= 11 is 12.1. The van der Waals surface area contributed by atoms with Gasteiger partial charge in [0.15, 0.2) is 0 Å². The zero-order chi connectivity index (χ0) is 14.1. The minimum Gasteiger partial charge on any atom is -0.457 e. The zero-order valence-corrected chi connectivity index (χ0v) is 11.8. The standard InChI is InChI=1S/C15H9Cl2NO2/c16-11-4-2-5-12(17)10(11)7-18-13-6-1-3-9-8-20-15(19)14(9)13/h1-7H,8H2/b18-7+. The highest BCUT2D eigenvalue weighted by atomic mass is 35.5. The molecule has 0 radical (unpaired) electrons. The second kappa shape index (κ2) is 5.27. The number of esters is 1. The molecule has 0 fully saturated rings. The first-order valence-corrected chi connectivity index (χ1v) is 6.69. The molecule has 1 aliphatic heterocycles. The van der Waals surface area contributed by atoms with Gasteiger partial charge in [0.1, 0.15) is 6.61 Å². The summed E-state index contributed by atoms with van der Waals surface area (Å²) in [5.74, 6) is -0.349. The van der Waals surface area contributed by atoms with E-state index < -0.39 is 0 Å². The molecule has 0 spiro atoms. The van der Waals surface area contributed by atoms with Crippen molar-refractivity contribution in [3.63, 3.8) is 0 Å². The Labute approximate surface area is 125 Å². The van der Waals surface area contributed by atoms with Crippen LogP contribution in [0.15, 0.2) is 41.4 Å². The lowest BCUT2D eigenvalue weighted by atomic mass is 10.1. The third-order valence-electron chi connectivity index (χ3n) is 3.02. The Morgan fingerprint density at radius 2 is 1.80 bits per heavy atom. The smallest absolute Gasteiger partial charge is 0.341 e. The number of fused-ring (bicyclic) bond motifs is 1. The van der Waals surface area contributed by atoms with Crippen molar-refractivity contribution in [1.82, 2.24) is 0 Å². The van der Waals surface area contributed by atoms with Crippen LogP contribution in [0.4, 0.5) is 5.69 Å². The third kappa shape index (κ3) is 2.30. The molecule has 20 heavy (non-hydrogen) atoms. The Balaban J connectivity index is 2.03. The number of ether oxygens (including phenoxy) is 1. The van der Waals surface area contributed by atoms with Crippen LogP contribution in [0, 0.1) is 0 Å². The number of aliphatic imine (C=N–C) groups is 1. The maximum Gasteiger partial charge on any atom is 0.341 e. The topological polar surface area (TPSA) is 38.7 Å². The van der Waals surface area contributed by atoms with Gasteiger partial charge in [-0.2, -0.15) is 0 Å². The Morgan fingerprint density at radius 1 is 1.10 bits per heavy atom. The summed E-state index contributed by atoms with van der Waals surface area (Å²) in [6.07, 6.45) is 1.56. The molecular weight excluding hydrogens is 297 g/mol. The summed E-state index contributed by atoms with van der Waals surface area (Å²) in [5.41, 5.74) is 2.53. The number of hydrogen-bond acceptors (Lipinski definition) is 3. The molecule has 5 heteroatoms. The molecule has 0 saturated carbocycles. The van der Waals surface area contributed by atoms with Crippen molar-refractivity contribution in [2.24, 2.45) is 4.99 Å². The number of nitrogens with zero attached hydrogens (tertiary/aromatic N) is 1. The first-order chi connectivity index (χ1) is 9.66. The molecule has 1 aliphatic rings. The second-order valence-corrected chi connectivity index (χ2v) is 5.10. The molecule has 3 rings (SSSR count). The van der Waals surface area contributed by atoms with Crippen LogP contribution >= 0.6 is 23.2 Å². The average Bonchev–Trinajstić information content (AvgIpc) is 2.81. The van der Waals surface area contributed by atoms with Crippen molar-refractivity contribution < 1.29 is 9.53 Å². The summed E-state index contributed by atoms with van der Waals surface area (Å²) in [6, 6.07) is 10.7. The van der Waals surface area contributed by atoms with Crippen LogP contribution in [0.1, 0.15) is 21.5 Å². The van der Waals surface area contributed by atoms with Gasteiger partial charge in [0.2, 0.25) is 0 Å². The van der Waals surface area contributed by atoms with Crippen LogP contribution in [-0.4, -0.2) is 12.2 Å². The van der Waals surface area contributed by atoms with E-state index in [2.05, 4.69) is 4.99 Å². The van der Waals surface area contributed by atoms with Gasteiger partial charge in [-0.1, -0.05) is 41.4 Å². The molecule has 2 aromatic carbocycles. The third-order valence-corrected chi connectivity index (χ3v) is 3.68. The van der Waals surface area contributed by atoms with Crippen LogP contribution in [0.2, 0.25) is 10.0 Å². The molecule has 3 nitrogen and oxygen atoms in total. The Hall–Kier alpha value is -1.84. The summed E-state index contributed by atoms with van der Waals surface area (Å²) in [7, 11) is 0. The number of rotatable bonds is 2. The van der Waals surface area contributed by atoms with Crippen molar-refractivity contribution in [3.05, 3.63) is 63.1 Å². The minimum atomic E-state index is -0.349. The Morgan fingerprint density at radius 3 is 2.55 bits per heavy atom. The number of cyclic esters (lactones) is 1. The lowest BCUT2D eigenvalue weighted by Crippen LogP contribution is -1.94. The van der Waals surface area contributed by atoms with Crippen LogP contribution in [-0.2, 0) is 11.3 Å². The summed E-state index contributed by atoms with van der Waals surface area (Å²) in [4.78, 5) is 16.0. The normalized spacial score (nSPS) is 13.6. The molecule has 0 aliphatic carbocycles. The van der Waals surface area contributed by atoms with Crippen LogP contribution in [0.3, 0.4) is 0 Å². The van der Waals surface area contributed by atoms with Gasteiger partial charge in [0.25, 0.3) is 0 Å². The van der Waals surface area contributed by atoms with Crippen LogP contribution in [0.5, 0.6) is 0 Å². The fourth-order valence-electron chi connectivity index (χ4n) is 2.03. The number of carbonyl (C=O) groups is 1. The van der Waals surface area contributed by atoms with Crippen LogP contribution < -0.4 is 0 Å². The molecule has 0 unspecified atom stereocenters. The molecular formula is C15H9Cl2NO2. The maximum atomic E-state index is 11.7. The molecule has 0 amide bonds. The first-order valence-electron chi connectivity index (χ1n) is 5.94. The quantitative estimate of drug-likeness (QED) is 0.609. The fourth-order valence-corrected chi connectivity index (χ4v) is 2.53. The van der Waals surface area contributed by atoms with Crippen molar-refractivity contribution in [1.29, 1.82) is 0 Å². The predicted octanol–water partition coefficient (Wildman–Crippen LogP) is 4.41. The molecule has 1 heterocycles. The van der Waals surface area contributed by atoms with Crippen molar-refractivity contribution in [2.45, 2.75) is 6.61 Å². The van der Waals surface area contributed by atoms with Crippen molar-refractivity contribution >= 4 is 41.1 Å². The second-order valence-electron chi connectivity index (χ2n) is 4.28. The highest BCUT2D eigenvalue weighted by Crippen LogP contribution is 2.30. The fraction of sp³-hybridized carbons (Fsp3) is 0.0667. The van der Waals surface area contributed by atoms with E-state index >= 15 is 0 Å². The SMILES string of the molecule is O=C1OCc2cccc(/N=C/c3c(Cl)cccc3Cl)c21. The summed E-state index contributed by atoms with van der Waals surface area (Å²) in [6.45, 7) is 0.296. The van der Waals surface area contributed by atoms with Gasteiger partial charge in [-0.05, 0) is 18.2 Å². The van der Waals surface area contributed by atoms with Gasteiger partial charge in [-0.25, -0.2) is 4.79 Å². The average molecular weight is 306 g/mol. The minimum absolute atomic E-state index is 0.296. The lowest BCUT2D eigenvalue weighted by molar-refractivity contribution is 0.0535. The highest BCUT2D eigenvalue weighted by Gasteiger charge is 2.24. The number of halogens is 2. The molecule has 100 valence electrons. The number of carbonyl (C=O) groups excluding carboxylic acids is 1. The summed E-state index contributed by atoms with van der Waals surface area (Å²) < 4.78 is 5.00. The molecule has 0 aromatic heterocycles. The highest BCUT2D eigenvalue weighted by molar-refractivity contribution is 6.38. The van der Waals surface area contributed by atoms with Gasteiger partial charge in [0.05, 0.1) is 21.3 Å². The van der Waals surface area contributed by atoms with E-state index in [1.54, 1.807) is 30.5 Å². The van der Waals surface area contributed by atoms with E-state index in [1.165, 1.54) is 0 Å². The van der Waals surface area contributed by atoms with E-state index in [-0.39, 0.29) is 5.97 Å². The van der Waals surface area contributed by atoms with E-state index in [9.17, 15) is 4.79 Å². The number of benzene rings is 2. The van der Waals surface area contributed by atoms with Gasteiger partial charge in [0, 0.05) is 17.3 Å². The Bertz CT molecular complexity index is 706. The molecule has 0 bridgehead atoms. The van der Waals surface area contributed by atoms with E-state index in [0.29, 0.717) is 33.5 Å². The van der Waals surface area contributed by atoms with E-state index in [1.807, 2.05) is 12.1 Å². The van der Waals surface area contributed by atoms with E-state index in [4.69, 9.17) is 27.9 Å². The number of hydrogen-bond donors (Lipinski definition) is 0. The van der Waals surface area contributed by atoms with Crippen molar-refractivity contribution in [2.75, 3.05) is 0 Å². The molecule has 0 saturated heterocycles. The monoisotopic (exact) mass is 305 g/mol. The molecule has 2 aromatic rings. The largest absolute Gasteiger partial charge is 0.457 e. The van der Waals surface area contributed by atoms with E-state index in [0.717, 1.165) is 5.56 Å². The van der Waals surface area contributed by atoms with Crippen molar-refractivity contribution in [3.8, 4) is 0 Å². The Kier molecular flexibility index (Phi) is 3.47. The van der Waals surface area contributed by atoms with Gasteiger partial charge < -0.3 is 4.74 Å².